The summed E-state index contributed by atoms with van der Waals surface area (Å²) in [6, 6.07) is 10.6. The lowest BCUT2D eigenvalue weighted by molar-refractivity contribution is -0.144. The van der Waals surface area contributed by atoms with Gasteiger partial charge in [-0.3, -0.25) is 4.79 Å². The minimum atomic E-state index is -1.00. The molecule has 25 heavy (non-hydrogen) atoms. The number of rotatable bonds is 5. The molecule has 1 atom stereocenters. The first-order chi connectivity index (χ1) is 11.9. The number of nitrogens with one attached hydrogen (secondary N) is 1. The van der Waals surface area contributed by atoms with Crippen LogP contribution in [-0.2, 0) is 14.3 Å². The molecule has 0 bridgehead atoms. The number of hydrogen-bond acceptors (Lipinski definition) is 4. The fourth-order valence-electron chi connectivity index (χ4n) is 2.18. The van der Waals surface area contributed by atoms with Crippen molar-refractivity contribution >= 4 is 18.0 Å². The van der Waals surface area contributed by atoms with Crippen LogP contribution in [0.2, 0.25) is 0 Å². The highest BCUT2D eigenvalue weighted by Crippen LogP contribution is 2.19. The summed E-state index contributed by atoms with van der Waals surface area (Å²) in [4.78, 5) is 24.4. The molecule has 2 aromatic carbocycles. The number of phenolic OH excluding ortho intramolecular Hbond substituents is 1. The molecule has 2 aromatic rings. The Morgan fingerprint density at radius 1 is 1.12 bits per heavy atom. The number of phenols is 1. The number of amides is 1. The highest BCUT2D eigenvalue weighted by Gasteiger charge is 2.24. The fourth-order valence-corrected chi connectivity index (χ4v) is 2.18. The van der Waals surface area contributed by atoms with Crippen molar-refractivity contribution in [1.82, 2.24) is 5.32 Å². The highest BCUT2D eigenvalue weighted by atomic mass is 19.1. The van der Waals surface area contributed by atoms with Gasteiger partial charge in [-0.1, -0.05) is 24.3 Å². The number of aromatic hydroxyl groups is 1. The van der Waals surface area contributed by atoms with Gasteiger partial charge in [-0.05, 0) is 48.4 Å². The molecule has 2 N–H and O–H groups in total. The Labute approximate surface area is 144 Å². The SMILES string of the molecule is COC(=O)C(NC(=O)/C(C)=C\c1ccc(F)cc1)c1ccc(O)cc1. The average molecular weight is 343 g/mol. The normalized spacial score (nSPS) is 12.4. The zero-order chi connectivity index (χ0) is 18.4. The van der Waals surface area contributed by atoms with Crippen molar-refractivity contribution in [2.75, 3.05) is 7.11 Å². The molecule has 0 heterocycles. The molecule has 0 radical (unpaired) electrons. The molecule has 0 saturated carbocycles. The number of benzene rings is 2. The van der Waals surface area contributed by atoms with E-state index in [0.717, 1.165) is 0 Å². The van der Waals surface area contributed by atoms with Crippen molar-refractivity contribution in [3.63, 3.8) is 0 Å². The van der Waals surface area contributed by atoms with Crippen molar-refractivity contribution in [3.05, 3.63) is 71.0 Å². The molecule has 1 amide bonds. The largest absolute Gasteiger partial charge is 0.508 e. The van der Waals surface area contributed by atoms with Crippen LogP contribution in [0, 0.1) is 5.82 Å². The summed E-state index contributed by atoms with van der Waals surface area (Å²) in [7, 11) is 1.23. The van der Waals surface area contributed by atoms with Crippen LogP contribution >= 0.6 is 0 Å². The van der Waals surface area contributed by atoms with E-state index in [9.17, 15) is 19.1 Å². The summed E-state index contributed by atoms with van der Waals surface area (Å²) in [6.45, 7) is 1.59. The second-order valence-corrected chi connectivity index (χ2v) is 5.40. The van der Waals surface area contributed by atoms with E-state index in [4.69, 9.17) is 4.74 Å². The number of hydrogen-bond donors (Lipinski definition) is 2. The Balaban J connectivity index is 2.19. The monoisotopic (exact) mass is 343 g/mol. The van der Waals surface area contributed by atoms with E-state index in [2.05, 4.69) is 5.32 Å². The number of carbonyl (C=O) groups excluding carboxylic acids is 2. The first kappa shape index (κ1) is 18.2. The lowest BCUT2D eigenvalue weighted by Gasteiger charge is -2.17. The molecule has 0 fully saturated rings. The summed E-state index contributed by atoms with van der Waals surface area (Å²) in [6.07, 6.45) is 1.58. The van der Waals surface area contributed by atoms with E-state index in [0.29, 0.717) is 16.7 Å². The maximum atomic E-state index is 12.9. The molecule has 0 aliphatic carbocycles. The van der Waals surface area contributed by atoms with Crippen molar-refractivity contribution < 1.29 is 23.8 Å². The fraction of sp³-hybridized carbons (Fsp3) is 0.158. The Kier molecular flexibility index (Phi) is 5.89. The van der Waals surface area contributed by atoms with Gasteiger partial charge >= 0.3 is 5.97 Å². The van der Waals surface area contributed by atoms with Crippen molar-refractivity contribution in [1.29, 1.82) is 0 Å². The predicted molar refractivity (Wildman–Crippen MR) is 91.1 cm³/mol. The van der Waals surface area contributed by atoms with Gasteiger partial charge in [-0.25, -0.2) is 9.18 Å². The Bertz CT molecular complexity index is 782. The van der Waals surface area contributed by atoms with Crippen molar-refractivity contribution in [2.24, 2.45) is 0 Å². The molecule has 0 aromatic heterocycles. The van der Waals surface area contributed by atoms with Crippen LogP contribution in [0.3, 0.4) is 0 Å². The molecule has 0 aliphatic heterocycles. The minimum Gasteiger partial charge on any atom is -0.508 e. The summed E-state index contributed by atoms with van der Waals surface area (Å²) >= 11 is 0. The third-order valence-corrected chi connectivity index (χ3v) is 3.55. The van der Waals surface area contributed by atoms with Crippen LogP contribution in [0.5, 0.6) is 5.75 Å². The molecule has 130 valence electrons. The molecular formula is C19H18FNO4. The molecule has 0 aliphatic rings. The number of ether oxygens (including phenoxy) is 1. The Morgan fingerprint density at radius 3 is 2.28 bits per heavy atom. The Hall–Kier alpha value is -3.15. The molecule has 5 nitrogen and oxygen atoms in total. The van der Waals surface area contributed by atoms with Crippen LogP contribution in [0.1, 0.15) is 24.1 Å². The van der Waals surface area contributed by atoms with Gasteiger partial charge < -0.3 is 15.2 Å². The first-order valence-corrected chi connectivity index (χ1v) is 7.52. The molecule has 0 spiro atoms. The number of halogens is 1. The van der Waals surface area contributed by atoms with E-state index < -0.39 is 17.9 Å². The zero-order valence-electron chi connectivity index (χ0n) is 13.8. The van der Waals surface area contributed by atoms with Gasteiger partial charge in [0, 0.05) is 5.57 Å². The second-order valence-electron chi connectivity index (χ2n) is 5.40. The van der Waals surface area contributed by atoms with Crippen molar-refractivity contribution in [3.8, 4) is 5.75 Å². The van der Waals surface area contributed by atoms with Crippen LogP contribution in [0.25, 0.3) is 6.08 Å². The third-order valence-electron chi connectivity index (χ3n) is 3.55. The quantitative estimate of drug-likeness (QED) is 0.646. The Morgan fingerprint density at radius 2 is 1.72 bits per heavy atom. The van der Waals surface area contributed by atoms with Gasteiger partial charge in [0.15, 0.2) is 6.04 Å². The third kappa shape index (κ3) is 4.91. The van der Waals surface area contributed by atoms with E-state index in [1.807, 2.05) is 0 Å². The maximum absolute atomic E-state index is 12.9. The molecule has 6 heteroatoms. The smallest absolute Gasteiger partial charge is 0.333 e. The number of carbonyl (C=O) groups is 2. The molecular weight excluding hydrogens is 325 g/mol. The summed E-state index contributed by atoms with van der Waals surface area (Å²) in [5.74, 6) is -1.41. The summed E-state index contributed by atoms with van der Waals surface area (Å²) in [5, 5.41) is 11.9. The molecule has 0 saturated heterocycles. The van der Waals surface area contributed by atoms with Crippen LogP contribution in [-0.4, -0.2) is 24.1 Å². The summed E-state index contributed by atoms with van der Waals surface area (Å²) in [5.41, 5.74) is 1.49. The summed E-state index contributed by atoms with van der Waals surface area (Å²) < 4.78 is 17.7. The number of methoxy groups -OCH3 is 1. The van der Waals surface area contributed by atoms with Gasteiger partial charge in [0.2, 0.25) is 5.91 Å². The second kappa shape index (κ2) is 8.10. The molecule has 2 rings (SSSR count). The van der Waals surface area contributed by atoms with E-state index >= 15 is 0 Å². The highest BCUT2D eigenvalue weighted by molar-refractivity contribution is 5.99. The van der Waals surface area contributed by atoms with Crippen LogP contribution in [0.4, 0.5) is 4.39 Å². The van der Waals surface area contributed by atoms with Gasteiger partial charge in [-0.2, -0.15) is 0 Å². The van der Waals surface area contributed by atoms with Gasteiger partial charge in [0.05, 0.1) is 7.11 Å². The van der Waals surface area contributed by atoms with Crippen LogP contribution < -0.4 is 5.32 Å². The van der Waals surface area contributed by atoms with Crippen LogP contribution in [0.15, 0.2) is 54.1 Å². The van der Waals surface area contributed by atoms with Gasteiger partial charge in [0.25, 0.3) is 0 Å². The lowest BCUT2D eigenvalue weighted by atomic mass is 10.1. The minimum absolute atomic E-state index is 0.0473. The van der Waals surface area contributed by atoms with Gasteiger partial charge in [-0.15, -0.1) is 0 Å². The standard InChI is InChI=1S/C19H18FNO4/c1-12(11-13-3-7-15(20)8-4-13)18(23)21-17(19(24)25-2)14-5-9-16(22)10-6-14/h3-11,17,22H,1-2H3,(H,21,23)/b12-11-. The first-order valence-electron chi connectivity index (χ1n) is 7.52. The van der Waals surface area contributed by atoms with Crippen molar-refractivity contribution in [2.45, 2.75) is 13.0 Å². The lowest BCUT2D eigenvalue weighted by Crippen LogP contribution is -2.34. The predicted octanol–water partition coefficient (Wildman–Crippen LogP) is 2.97. The van der Waals surface area contributed by atoms with E-state index in [1.54, 1.807) is 25.1 Å². The van der Waals surface area contributed by atoms with E-state index in [1.165, 1.54) is 43.5 Å². The zero-order valence-corrected chi connectivity index (χ0v) is 13.8. The molecule has 1 unspecified atom stereocenters. The van der Waals surface area contributed by atoms with Gasteiger partial charge in [0.1, 0.15) is 11.6 Å². The topological polar surface area (TPSA) is 75.6 Å². The van der Waals surface area contributed by atoms with E-state index in [-0.39, 0.29) is 11.6 Å². The number of esters is 1. The average Bonchev–Trinajstić information content (AvgIpc) is 2.61. The maximum Gasteiger partial charge on any atom is 0.333 e.